The van der Waals surface area contributed by atoms with E-state index in [1.807, 2.05) is 16.4 Å². The van der Waals surface area contributed by atoms with Crippen molar-refractivity contribution >= 4 is 33.2 Å². The van der Waals surface area contributed by atoms with Gasteiger partial charge in [-0.1, -0.05) is 18.2 Å². The molecule has 0 saturated heterocycles. The molecule has 0 saturated carbocycles. The number of benzene rings is 1. The van der Waals surface area contributed by atoms with Crippen LogP contribution in [0.1, 0.15) is 18.2 Å². The number of hydrogen-bond donors (Lipinski definition) is 0. The first-order chi connectivity index (χ1) is 9.74. The first-order valence-electron chi connectivity index (χ1n) is 6.62. The van der Waals surface area contributed by atoms with Gasteiger partial charge in [0.1, 0.15) is 0 Å². The molecule has 20 heavy (non-hydrogen) atoms. The highest BCUT2D eigenvalue weighted by molar-refractivity contribution is 7.99. The van der Waals surface area contributed by atoms with Gasteiger partial charge < -0.3 is 0 Å². The van der Waals surface area contributed by atoms with Gasteiger partial charge in [-0.25, -0.2) is 4.68 Å². The number of thiophene rings is 1. The molecule has 104 valence electrons. The number of thioether (sulfide) groups is 1. The van der Waals surface area contributed by atoms with Crippen molar-refractivity contribution in [2.75, 3.05) is 6.26 Å². The van der Waals surface area contributed by atoms with Crippen LogP contribution in [0.3, 0.4) is 0 Å². The molecule has 0 N–H and O–H groups in total. The fourth-order valence-electron chi connectivity index (χ4n) is 2.19. The molecule has 3 rings (SSSR count). The molecule has 0 fully saturated rings. The van der Waals surface area contributed by atoms with Crippen LogP contribution in [0.2, 0.25) is 0 Å². The highest BCUT2D eigenvalue weighted by Crippen LogP contribution is 2.22. The zero-order valence-electron chi connectivity index (χ0n) is 11.6. The average Bonchev–Trinajstić information content (AvgIpc) is 3.07. The lowest BCUT2D eigenvalue weighted by molar-refractivity contribution is 0.649. The number of aromatic nitrogens is 3. The van der Waals surface area contributed by atoms with Crippen molar-refractivity contribution in [1.82, 2.24) is 15.0 Å². The predicted octanol–water partition coefficient (Wildman–Crippen LogP) is 3.84. The third kappa shape index (κ3) is 3.04. The molecule has 0 bridgehead atoms. The molecule has 1 aromatic carbocycles. The van der Waals surface area contributed by atoms with Crippen molar-refractivity contribution < 1.29 is 0 Å². The van der Waals surface area contributed by atoms with Gasteiger partial charge in [0.25, 0.3) is 0 Å². The van der Waals surface area contributed by atoms with Gasteiger partial charge in [-0.3, -0.25) is 0 Å². The monoisotopic (exact) mass is 303 g/mol. The quantitative estimate of drug-likeness (QED) is 0.717. The maximum absolute atomic E-state index is 4.25. The lowest BCUT2D eigenvalue weighted by Gasteiger charge is -2.03. The molecule has 5 heteroatoms. The largest absolute Gasteiger partial charge is 0.248 e. The van der Waals surface area contributed by atoms with E-state index in [9.17, 15) is 0 Å². The van der Waals surface area contributed by atoms with Gasteiger partial charge in [-0.05, 0) is 40.8 Å². The van der Waals surface area contributed by atoms with E-state index in [0.717, 1.165) is 18.7 Å². The summed E-state index contributed by atoms with van der Waals surface area (Å²) >= 11 is 3.64. The molecule has 0 unspecified atom stereocenters. The molecular weight excluding hydrogens is 286 g/mol. The van der Waals surface area contributed by atoms with Gasteiger partial charge >= 0.3 is 0 Å². The molecule has 0 aliphatic carbocycles. The minimum Gasteiger partial charge on any atom is -0.248 e. The van der Waals surface area contributed by atoms with Gasteiger partial charge in [-0.2, -0.15) is 11.8 Å². The Hall–Kier alpha value is -1.33. The zero-order chi connectivity index (χ0) is 13.9. The van der Waals surface area contributed by atoms with Gasteiger partial charge in [-0.15, -0.1) is 16.4 Å². The summed E-state index contributed by atoms with van der Waals surface area (Å²) in [5.41, 5.74) is 2.34. The second kappa shape index (κ2) is 5.97. The summed E-state index contributed by atoms with van der Waals surface area (Å²) in [6.45, 7) is 3.00. The van der Waals surface area contributed by atoms with E-state index in [1.54, 1.807) is 11.3 Å². The number of rotatable bonds is 5. The Labute approximate surface area is 127 Å². The van der Waals surface area contributed by atoms with Crippen LogP contribution in [-0.4, -0.2) is 26.5 Å². The van der Waals surface area contributed by atoms with E-state index in [-0.39, 0.29) is 0 Å². The molecule has 1 atom stereocenters. The third-order valence-electron chi connectivity index (χ3n) is 3.35. The molecule has 3 nitrogen and oxygen atoms in total. The summed E-state index contributed by atoms with van der Waals surface area (Å²) in [6, 6.07) is 8.75. The van der Waals surface area contributed by atoms with Gasteiger partial charge in [0, 0.05) is 22.6 Å². The van der Waals surface area contributed by atoms with E-state index in [4.69, 9.17) is 0 Å². The second-order valence-electron chi connectivity index (χ2n) is 4.95. The molecule has 0 aliphatic heterocycles. The van der Waals surface area contributed by atoms with Crippen molar-refractivity contribution in [2.45, 2.75) is 25.1 Å². The van der Waals surface area contributed by atoms with E-state index >= 15 is 0 Å². The molecule has 0 amide bonds. The first-order valence-corrected chi connectivity index (χ1v) is 8.79. The minimum atomic E-state index is 0.585. The van der Waals surface area contributed by atoms with E-state index in [2.05, 4.69) is 59.3 Å². The van der Waals surface area contributed by atoms with Crippen LogP contribution < -0.4 is 0 Å². The van der Waals surface area contributed by atoms with Crippen LogP contribution in [0, 0.1) is 0 Å². The predicted molar refractivity (Wildman–Crippen MR) is 87.6 cm³/mol. The summed E-state index contributed by atoms with van der Waals surface area (Å²) in [7, 11) is 0. The van der Waals surface area contributed by atoms with E-state index < -0.39 is 0 Å². The van der Waals surface area contributed by atoms with Crippen LogP contribution in [0.5, 0.6) is 0 Å². The average molecular weight is 303 g/mol. The summed E-state index contributed by atoms with van der Waals surface area (Å²) in [5.74, 6) is 0. The van der Waals surface area contributed by atoms with Crippen LogP contribution in [0.15, 0.2) is 35.8 Å². The summed E-state index contributed by atoms with van der Waals surface area (Å²) < 4.78 is 3.26. The van der Waals surface area contributed by atoms with Crippen LogP contribution in [-0.2, 0) is 13.0 Å². The van der Waals surface area contributed by atoms with Crippen LogP contribution in [0.25, 0.3) is 10.1 Å². The number of hydrogen-bond acceptors (Lipinski definition) is 4. The SMILES string of the molecule is CS[C@@H](C)Cc1cn(Cc2ccc3sccc3c2)nn1. The Bertz CT molecular complexity index is 702. The Balaban J connectivity index is 1.73. The summed E-state index contributed by atoms with van der Waals surface area (Å²) in [5, 5.41) is 12.5. The standard InChI is InChI=1S/C15H17N3S2/c1-11(19-2)7-14-10-18(17-16-14)9-12-3-4-15-13(8-12)5-6-20-15/h3-6,8,10-11H,7,9H2,1-2H3/t11-/m0/s1. The van der Waals surface area contributed by atoms with Gasteiger partial charge in [0.2, 0.25) is 0 Å². The maximum atomic E-state index is 4.25. The maximum Gasteiger partial charge on any atom is 0.0838 e. The Morgan fingerprint density at radius 1 is 1.35 bits per heavy atom. The van der Waals surface area contributed by atoms with E-state index in [0.29, 0.717) is 5.25 Å². The lowest BCUT2D eigenvalue weighted by atomic mass is 10.2. The molecule has 0 aliphatic rings. The van der Waals surface area contributed by atoms with E-state index in [1.165, 1.54) is 15.6 Å². The first kappa shape index (κ1) is 13.6. The summed E-state index contributed by atoms with van der Waals surface area (Å²) in [6.07, 6.45) is 5.17. The Kier molecular flexibility index (Phi) is 4.08. The van der Waals surface area contributed by atoms with Crippen molar-refractivity contribution in [2.24, 2.45) is 0 Å². The fraction of sp³-hybridized carbons (Fsp3) is 0.333. The molecule has 0 spiro atoms. The molecule has 2 aromatic heterocycles. The minimum absolute atomic E-state index is 0.585. The number of fused-ring (bicyclic) bond motifs is 1. The van der Waals surface area contributed by atoms with Crippen LogP contribution >= 0.6 is 23.1 Å². The van der Waals surface area contributed by atoms with Crippen LogP contribution in [0.4, 0.5) is 0 Å². The van der Waals surface area contributed by atoms with Gasteiger partial charge in [0.05, 0.1) is 12.2 Å². The molecule has 0 radical (unpaired) electrons. The lowest BCUT2D eigenvalue weighted by Crippen LogP contribution is -2.01. The zero-order valence-corrected chi connectivity index (χ0v) is 13.2. The smallest absolute Gasteiger partial charge is 0.0838 e. The second-order valence-corrected chi connectivity index (χ2v) is 7.17. The van der Waals surface area contributed by atoms with Crippen molar-refractivity contribution in [3.8, 4) is 0 Å². The van der Waals surface area contributed by atoms with Crippen molar-refractivity contribution in [1.29, 1.82) is 0 Å². The van der Waals surface area contributed by atoms with Crippen molar-refractivity contribution in [3.05, 3.63) is 47.1 Å². The Morgan fingerprint density at radius 2 is 2.25 bits per heavy atom. The topological polar surface area (TPSA) is 30.7 Å². The number of nitrogens with zero attached hydrogens (tertiary/aromatic N) is 3. The van der Waals surface area contributed by atoms with Crippen molar-refractivity contribution in [3.63, 3.8) is 0 Å². The van der Waals surface area contributed by atoms with Gasteiger partial charge in [0.15, 0.2) is 0 Å². The highest BCUT2D eigenvalue weighted by Gasteiger charge is 2.06. The highest BCUT2D eigenvalue weighted by atomic mass is 32.2. The molecule has 2 heterocycles. The molecule has 3 aromatic rings. The Morgan fingerprint density at radius 3 is 3.10 bits per heavy atom. The normalized spacial score (nSPS) is 12.9. The third-order valence-corrected chi connectivity index (χ3v) is 5.22. The fourth-order valence-corrected chi connectivity index (χ4v) is 3.30. The summed E-state index contributed by atoms with van der Waals surface area (Å²) in [4.78, 5) is 0. The molecular formula is C15H17N3S2.